The number of benzene rings is 1. The molecule has 1 N–H and O–H groups in total. The number of hydrogen-bond donors (Lipinski definition) is 1. The minimum absolute atomic E-state index is 0.273. The van der Waals surface area contributed by atoms with E-state index in [1.165, 1.54) is 19.1 Å². The molecule has 1 aromatic rings. The zero-order valence-corrected chi connectivity index (χ0v) is 16.4. The van der Waals surface area contributed by atoms with Crippen LogP contribution in [-0.2, 0) is 19.1 Å². The van der Waals surface area contributed by atoms with Gasteiger partial charge in [0.05, 0.1) is 24.0 Å². The Morgan fingerprint density at radius 2 is 1.86 bits per heavy atom. The second kappa shape index (κ2) is 8.14. The monoisotopic (exact) mass is 404 g/mol. The van der Waals surface area contributed by atoms with E-state index in [-0.39, 0.29) is 18.4 Å². The van der Waals surface area contributed by atoms with E-state index in [0.717, 1.165) is 4.90 Å². The molecule has 1 aliphatic carbocycles. The molecular weight excluding hydrogens is 384 g/mol. The van der Waals surface area contributed by atoms with Crippen LogP contribution in [0.15, 0.2) is 35.4 Å². The summed E-state index contributed by atoms with van der Waals surface area (Å²) in [6.45, 7) is 3.51. The molecule has 0 bridgehead atoms. The zero-order valence-electron chi connectivity index (χ0n) is 15.6. The van der Waals surface area contributed by atoms with Gasteiger partial charge in [0.15, 0.2) is 0 Å². The number of likely N-dealkylation sites (tertiary alicyclic amines) is 1. The maximum atomic E-state index is 12.7. The Labute approximate surface area is 167 Å². The molecule has 0 spiro atoms. The van der Waals surface area contributed by atoms with Crippen molar-refractivity contribution in [3.8, 4) is 0 Å². The van der Waals surface area contributed by atoms with Crippen molar-refractivity contribution < 1.29 is 23.9 Å². The molecule has 1 aromatic carbocycles. The minimum atomic E-state index is -0.950. The molecule has 3 unspecified atom stereocenters. The first-order valence-electron chi connectivity index (χ1n) is 9.13. The molecule has 28 heavy (non-hydrogen) atoms. The maximum absolute atomic E-state index is 12.7. The Bertz CT molecular complexity index is 849. The van der Waals surface area contributed by atoms with E-state index in [9.17, 15) is 19.2 Å². The summed E-state index contributed by atoms with van der Waals surface area (Å²) < 4.78 is 4.91. The van der Waals surface area contributed by atoms with Crippen molar-refractivity contribution in [2.24, 2.45) is 11.8 Å². The molecule has 2 aliphatic rings. The van der Waals surface area contributed by atoms with Crippen molar-refractivity contribution >= 4 is 41.0 Å². The number of allylic oxidation sites excluding steroid dienone is 2. The molecule has 8 heteroatoms. The van der Waals surface area contributed by atoms with Gasteiger partial charge in [-0.3, -0.25) is 19.3 Å². The average molecular weight is 405 g/mol. The summed E-state index contributed by atoms with van der Waals surface area (Å²) in [6.07, 6.45) is 2.50. The Kier molecular flexibility index (Phi) is 5.84. The topological polar surface area (TPSA) is 92.8 Å². The summed E-state index contributed by atoms with van der Waals surface area (Å²) >= 11 is 6.02. The van der Waals surface area contributed by atoms with Gasteiger partial charge in [-0.2, -0.15) is 0 Å². The molecular formula is C20H21ClN2O5. The number of ether oxygens (including phenoxy) is 1. The van der Waals surface area contributed by atoms with Gasteiger partial charge < -0.3 is 10.1 Å². The number of anilines is 1. The van der Waals surface area contributed by atoms with E-state index in [4.69, 9.17) is 16.3 Å². The number of halogens is 1. The second-order valence-corrected chi connectivity index (χ2v) is 7.30. The van der Waals surface area contributed by atoms with Gasteiger partial charge in [-0.15, -0.1) is 0 Å². The van der Waals surface area contributed by atoms with Crippen molar-refractivity contribution in [3.05, 3.63) is 40.9 Å². The van der Waals surface area contributed by atoms with Gasteiger partial charge in [0.2, 0.25) is 17.7 Å². The highest BCUT2D eigenvalue weighted by Gasteiger charge is 2.51. The van der Waals surface area contributed by atoms with Gasteiger partial charge >= 0.3 is 5.97 Å². The quantitative estimate of drug-likeness (QED) is 0.601. The van der Waals surface area contributed by atoms with Gasteiger partial charge in [0, 0.05) is 10.7 Å². The molecule has 3 atom stereocenters. The predicted molar refractivity (Wildman–Crippen MR) is 102 cm³/mol. The molecule has 148 valence electrons. The van der Waals surface area contributed by atoms with Crippen LogP contribution in [0.4, 0.5) is 5.69 Å². The number of nitrogens with one attached hydrogen (secondary N) is 1. The molecule has 7 nitrogen and oxygen atoms in total. The normalized spacial score (nSPS) is 22.4. The van der Waals surface area contributed by atoms with Crippen LogP contribution in [0.5, 0.6) is 0 Å². The summed E-state index contributed by atoms with van der Waals surface area (Å²) in [4.78, 5) is 50.6. The van der Waals surface area contributed by atoms with Crippen molar-refractivity contribution in [2.45, 2.75) is 32.7 Å². The molecule has 1 saturated heterocycles. The number of carbonyl (C=O) groups is 4. The molecule has 1 fully saturated rings. The highest BCUT2D eigenvalue weighted by Crippen LogP contribution is 2.39. The van der Waals surface area contributed by atoms with Gasteiger partial charge in [0.1, 0.15) is 6.04 Å². The van der Waals surface area contributed by atoms with Crippen LogP contribution in [0.3, 0.4) is 0 Å². The smallest absolute Gasteiger partial charge is 0.338 e. The fourth-order valence-electron chi connectivity index (χ4n) is 3.50. The Morgan fingerprint density at radius 1 is 1.21 bits per heavy atom. The van der Waals surface area contributed by atoms with Crippen LogP contribution >= 0.6 is 11.6 Å². The highest BCUT2D eigenvalue weighted by atomic mass is 35.5. The number of imide groups is 1. The van der Waals surface area contributed by atoms with Gasteiger partial charge in [-0.1, -0.05) is 17.7 Å². The molecule has 3 amide bonds. The number of nitrogens with zero attached hydrogens (tertiary/aromatic N) is 1. The second-order valence-electron chi connectivity index (χ2n) is 6.81. The maximum Gasteiger partial charge on any atom is 0.338 e. The Morgan fingerprint density at radius 3 is 2.50 bits per heavy atom. The first-order valence-corrected chi connectivity index (χ1v) is 9.50. The molecule has 1 heterocycles. The van der Waals surface area contributed by atoms with Crippen LogP contribution in [0.25, 0.3) is 0 Å². The number of esters is 1. The lowest BCUT2D eigenvalue weighted by atomic mass is 9.85. The summed E-state index contributed by atoms with van der Waals surface area (Å²) in [5.74, 6) is -2.57. The molecule has 0 aromatic heterocycles. The van der Waals surface area contributed by atoms with Gasteiger partial charge in [-0.25, -0.2) is 4.79 Å². The fraction of sp³-hybridized carbons (Fsp3) is 0.400. The van der Waals surface area contributed by atoms with Crippen LogP contribution < -0.4 is 5.32 Å². The summed E-state index contributed by atoms with van der Waals surface area (Å²) in [5, 5.41) is 3.24. The number of fused-ring (bicyclic) bond motifs is 1. The number of rotatable bonds is 5. The van der Waals surface area contributed by atoms with E-state index in [0.29, 0.717) is 29.1 Å². The standard InChI is InChI=1S/C20H21ClN2O5/c1-3-28-20(27)12-4-7-14(8-5-12)22-17(24)11(2)23-18(25)15-9-6-13(21)10-16(15)19(23)26/h4-8,11,15-16H,3,9-10H2,1-2H3,(H,22,24). The first-order chi connectivity index (χ1) is 13.3. The van der Waals surface area contributed by atoms with Crippen LogP contribution in [0.1, 0.15) is 37.0 Å². The van der Waals surface area contributed by atoms with E-state index in [2.05, 4.69) is 5.32 Å². The third-order valence-corrected chi connectivity index (χ3v) is 5.34. The van der Waals surface area contributed by atoms with E-state index in [1.807, 2.05) is 0 Å². The van der Waals surface area contributed by atoms with Gasteiger partial charge in [-0.05, 0) is 51.0 Å². The predicted octanol–water partition coefficient (Wildman–Crippen LogP) is 2.71. The molecule has 0 saturated carbocycles. The molecule has 0 radical (unpaired) electrons. The van der Waals surface area contributed by atoms with Crippen molar-refractivity contribution in [1.82, 2.24) is 4.90 Å². The van der Waals surface area contributed by atoms with Crippen LogP contribution in [0.2, 0.25) is 0 Å². The average Bonchev–Trinajstić information content (AvgIpc) is 2.92. The number of carbonyl (C=O) groups excluding carboxylic acids is 4. The first kappa shape index (κ1) is 20.1. The highest BCUT2D eigenvalue weighted by molar-refractivity contribution is 6.30. The van der Waals surface area contributed by atoms with Crippen molar-refractivity contribution in [3.63, 3.8) is 0 Å². The molecule has 1 aliphatic heterocycles. The zero-order chi connectivity index (χ0) is 20.4. The SMILES string of the molecule is CCOC(=O)c1ccc(NC(=O)C(C)N2C(=O)C3CC=C(Cl)CC3C2=O)cc1. The summed E-state index contributed by atoms with van der Waals surface area (Å²) in [6, 6.07) is 5.25. The lowest BCUT2D eigenvalue weighted by Crippen LogP contribution is -2.46. The lowest BCUT2D eigenvalue weighted by Gasteiger charge is -2.22. The molecule has 3 rings (SSSR count). The third-order valence-electron chi connectivity index (χ3n) is 5.03. The largest absolute Gasteiger partial charge is 0.462 e. The minimum Gasteiger partial charge on any atom is -0.462 e. The third kappa shape index (κ3) is 3.80. The Hall–Kier alpha value is -2.67. The number of hydrogen-bond acceptors (Lipinski definition) is 5. The number of amides is 3. The van der Waals surface area contributed by atoms with Crippen LogP contribution in [0, 0.1) is 11.8 Å². The van der Waals surface area contributed by atoms with E-state index >= 15 is 0 Å². The van der Waals surface area contributed by atoms with E-state index in [1.54, 1.807) is 25.1 Å². The fourth-order valence-corrected chi connectivity index (χ4v) is 3.76. The summed E-state index contributed by atoms with van der Waals surface area (Å²) in [5.41, 5.74) is 0.817. The van der Waals surface area contributed by atoms with Gasteiger partial charge in [0.25, 0.3) is 0 Å². The van der Waals surface area contributed by atoms with E-state index < -0.39 is 29.8 Å². The Balaban J connectivity index is 1.67. The van der Waals surface area contributed by atoms with Crippen LogP contribution in [-0.4, -0.2) is 41.2 Å². The van der Waals surface area contributed by atoms with Crippen molar-refractivity contribution in [1.29, 1.82) is 0 Å². The van der Waals surface area contributed by atoms with Crippen molar-refractivity contribution in [2.75, 3.05) is 11.9 Å². The summed E-state index contributed by atoms with van der Waals surface area (Å²) in [7, 11) is 0. The lowest BCUT2D eigenvalue weighted by molar-refractivity contribution is -0.146.